The Balaban J connectivity index is 2.13. The van der Waals surface area contributed by atoms with Crippen LogP contribution in [0.15, 0.2) is 40.9 Å². The number of hydrogen-bond acceptors (Lipinski definition) is 2. The van der Waals surface area contributed by atoms with Crippen molar-refractivity contribution in [1.29, 1.82) is 0 Å². The Morgan fingerprint density at radius 1 is 1.11 bits per heavy atom. The highest BCUT2D eigenvalue weighted by Gasteiger charge is 2.04. The van der Waals surface area contributed by atoms with E-state index in [0.717, 1.165) is 10.0 Å². The maximum absolute atomic E-state index is 6.01. The molecule has 0 saturated carbocycles. The summed E-state index contributed by atoms with van der Waals surface area (Å²) in [5.41, 5.74) is 7.39. The molecular weight excluding hydrogens is 337 g/mol. The summed E-state index contributed by atoms with van der Waals surface area (Å²) in [5, 5.41) is 1.12. The molecule has 2 nitrogen and oxygen atoms in total. The maximum Gasteiger partial charge on any atom is 0.139 e. The molecule has 0 amide bonds. The van der Waals surface area contributed by atoms with Crippen LogP contribution in [0.5, 0.6) is 5.75 Å². The Labute approximate surface area is 124 Å². The topological polar surface area (TPSA) is 35.2 Å². The normalized spacial score (nSPS) is 10.4. The van der Waals surface area contributed by atoms with E-state index in [0.29, 0.717) is 28.1 Å². The van der Waals surface area contributed by atoms with Crippen molar-refractivity contribution in [3.63, 3.8) is 0 Å². The zero-order valence-electron chi connectivity index (χ0n) is 9.29. The highest BCUT2D eigenvalue weighted by atomic mass is 79.9. The molecule has 0 radical (unpaired) electrons. The van der Waals surface area contributed by atoms with Crippen LogP contribution < -0.4 is 10.5 Å². The molecular formula is C13H10BrCl2NO. The van der Waals surface area contributed by atoms with Crippen molar-refractivity contribution in [2.75, 3.05) is 5.73 Å². The summed E-state index contributed by atoms with van der Waals surface area (Å²) in [7, 11) is 0. The van der Waals surface area contributed by atoms with E-state index in [1.807, 2.05) is 18.2 Å². The average Bonchev–Trinajstić information content (AvgIpc) is 2.29. The van der Waals surface area contributed by atoms with E-state index >= 15 is 0 Å². The number of halogens is 3. The van der Waals surface area contributed by atoms with Gasteiger partial charge in [0.2, 0.25) is 0 Å². The van der Waals surface area contributed by atoms with Crippen LogP contribution in [0.2, 0.25) is 10.0 Å². The van der Waals surface area contributed by atoms with Gasteiger partial charge >= 0.3 is 0 Å². The van der Waals surface area contributed by atoms with Gasteiger partial charge < -0.3 is 10.5 Å². The quantitative estimate of drug-likeness (QED) is 0.801. The van der Waals surface area contributed by atoms with Crippen molar-refractivity contribution in [1.82, 2.24) is 0 Å². The molecule has 0 saturated heterocycles. The predicted molar refractivity (Wildman–Crippen MR) is 79.3 cm³/mol. The molecule has 5 heteroatoms. The molecule has 2 N–H and O–H groups in total. The molecule has 0 spiro atoms. The Kier molecular flexibility index (Phi) is 4.38. The van der Waals surface area contributed by atoms with Crippen molar-refractivity contribution < 1.29 is 4.74 Å². The first-order valence-corrected chi connectivity index (χ1v) is 6.72. The zero-order chi connectivity index (χ0) is 13.1. The summed E-state index contributed by atoms with van der Waals surface area (Å²) in [6.45, 7) is 0.379. The number of anilines is 1. The summed E-state index contributed by atoms with van der Waals surface area (Å²) < 4.78 is 6.54. The summed E-state index contributed by atoms with van der Waals surface area (Å²) in [6.07, 6.45) is 0. The van der Waals surface area contributed by atoms with Crippen molar-refractivity contribution in [2.24, 2.45) is 0 Å². The number of benzene rings is 2. The van der Waals surface area contributed by atoms with Crippen LogP contribution in [0.4, 0.5) is 5.69 Å². The van der Waals surface area contributed by atoms with Gasteiger partial charge in [0.1, 0.15) is 12.4 Å². The van der Waals surface area contributed by atoms with E-state index < -0.39 is 0 Å². The van der Waals surface area contributed by atoms with Gasteiger partial charge in [-0.05, 0) is 35.9 Å². The molecule has 0 atom stereocenters. The lowest BCUT2D eigenvalue weighted by Gasteiger charge is -2.09. The molecule has 0 bridgehead atoms. The highest BCUT2D eigenvalue weighted by Crippen LogP contribution is 2.28. The van der Waals surface area contributed by atoms with Gasteiger partial charge in [0, 0.05) is 21.2 Å². The van der Waals surface area contributed by atoms with Gasteiger partial charge in [-0.2, -0.15) is 0 Å². The first kappa shape index (κ1) is 13.5. The molecule has 0 aliphatic carbocycles. The van der Waals surface area contributed by atoms with Crippen LogP contribution >= 0.6 is 39.1 Å². The maximum atomic E-state index is 6.01. The fourth-order valence-electron chi connectivity index (χ4n) is 1.51. The van der Waals surface area contributed by atoms with Gasteiger partial charge in [-0.3, -0.25) is 0 Å². The average molecular weight is 347 g/mol. The second-order valence-corrected chi connectivity index (χ2v) is 5.52. The van der Waals surface area contributed by atoms with Crippen LogP contribution in [-0.4, -0.2) is 0 Å². The third-order valence-electron chi connectivity index (χ3n) is 2.27. The first-order chi connectivity index (χ1) is 8.54. The van der Waals surface area contributed by atoms with Crippen LogP contribution in [0.1, 0.15) is 5.56 Å². The number of nitrogens with two attached hydrogens (primary N) is 1. The molecule has 2 aromatic carbocycles. The Bertz CT molecular complexity index is 555. The molecule has 0 aromatic heterocycles. The molecule has 0 unspecified atom stereocenters. The molecule has 94 valence electrons. The van der Waals surface area contributed by atoms with Crippen molar-refractivity contribution in [3.8, 4) is 5.75 Å². The van der Waals surface area contributed by atoms with E-state index in [4.69, 9.17) is 33.7 Å². The SMILES string of the molecule is Nc1cc(Br)cc(COc2cc(Cl)ccc2Cl)c1. The van der Waals surface area contributed by atoms with Crippen LogP contribution in [-0.2, 0) is 6.61 Å². The largest absolute Gasteiger partial charge is 0.487 e. The summed E-state index contributed by atoms with van der Waals surface area (Å²) >= 11 is 15.3. The molecule has 0 aliphatic rings. The van der Waals surface area contributed by atoms with Gasteiger partial charge in [0.05, 0.1) is 5.02 Å². The lowest BCUT2D eigenvalue weighted by Crippen LogP contribution is -1.97. The monoisotopic (exact) mass is 345 g/mol. The van der Waals surface area contributed by atoms with Crippen LogP contribution in [0, 0.1) is 0 Å². The smallest absolute Gasteiger partial charge is 0.139 e. The van der Waals surface area contributed by atoms with E-state index in [9.17, 15) is 0 Å². The summed E-state index contributed by atoms with van der Waals surface area (Å²) in [5.74, 6) is 0.558. The third kappa shape index (κ3) is 3.55. The minimum absolute atomic E-state index is 0.379. The van der Waals surface area contributed by atoms with Crippen molar-refractivity contribution in [3.05, 3.63) is 56.5 Å². The predicted octanol–water partition coefficient (Wildman–Crippen LogP) is 4.92. The van der Waals surface area contributed by atoms with Crippen molar-refractivity contribution in [2.45, 2.75) is 6.61 Å². The number of nitrogen functional groups attached to an aromatic ring is 1. The third-order valence-corrected chi connectivity index (χ3v) is 3.27. The second kappa shape index (κ2) is 5.83. The molecule has 0 aliphatic heterocycles. The summed E-state index contributed by atoms with van der Waals surface area (Å²) in [4.78, 5) is 0. The molecule has 0 fully saturated rings. The molecule has 2 aromatic rings. The van der Waals surface area contributed by atoms with E-state index in [-0.39, 0.29) is 0 Å². The number of rotatable bonds is 3. The minimum atomic E-state index is 0.379. The van der Waals surface area contributed by atoms with Gasteiger partial charge in [-0.15, -0.1) is 0 Å². The Morgan fingerprint density at radius 3 is 2.61 bits per heavy atom. The van der Waals surface area contributed by atoms with Crippen LogP contribution in [0.25, 0.3) is 0 Å². The number of hydrogen-bond donors (Lipinski definition) is 1. The Hall–Kier alpha value is -0.900. The van der Waals surface area contributed by atoms with Gasteiger partial charge in [-0.25, -0.2) is 0 Å². The van der Waals surface area contributed by atoms with Crippen LogP contribution in [0.3, 0.4) is 0 Å². The fraction of sp³-hybridized carbons (Fsp3) is 0.0769. The summed E-state index contributed by atoms with van der Waals surface area (Å²) in [6, 6.07) is 10.7. The lowest BCUT2D eigenvalue weighted by molar-refractivity contribution is 0.306. The second-order valence-electron chi connectivity index (χ2n) is 3.76. The fourth-order valence-corrected chi connectivity index (χ4v) is 2.40. The minimum Gasteiger partial charge on any atom is -0.487 e. The first-order valence-electron chi connectivity index (χ1n) is 5.17. The molecule has 2 rings (SSSR count). The van der Waals surface area contributed by atoms with Gasteiger partial charge in [0.25, 0.3) is 0 Å². The lowest BCUT2D eigenvalue weighted by atomic mass is 10.2. The van der Waals surface area contributed by atoms with E-state index in [1.165, 1.54) is 0 Å². The molecule has 0 heterocycles. The molecule has 18 heavy (non-hydrogen) atoms. The van der Waals surface area contributed by atoms with E-state index in [2.05, 4.69) is 15.9 Å². The zero-order valence-corrected chi connectivity index (χ0v) is 12.4. The van der Waals surface area contributed by atoms with Crippen molar-refractivity contribution >= 4 is 44.8 Å². The van der Waals surface area contributed by atoms with Gasteiger partial charge in [-0.1, -0.05) is 39.1 Å². The highest BCUT2D eigenvalue weighted by molar-refractivity contribution is 9.10. The Morgan fingerprint density at radius 2 is 1.89 bits per heavy atom. The van der Waals surface area contributed by atoms with E-state index in [1.54, 1.807) is 18.2 Å². The van der Waals surface area contributed by atoms with Gasteiger partial charge in [0.15, 0.2) is 0 Å². The standard InChI is InChI=1S/C13H10BrCl2NO/c14-9-3-8(4-11(17)5-9)7-18-13-6-10(15)1-2-12(13)16/h1-6H,7,17H2. The number of ether oxygens (including phenoxy) is 1.